The van der Waals surface area contributed by atoms with Gasteiger partial charge in [-0.25, -0.2) is 4.98 Å². The minimum atomic E-state index is -0.663. The average Bonchev–Trinajstić information content (AvgIpc) is 3.23. The molecular weight excluding hydrogens is 394 g/mol. The summed E-state index contributed by atoms with van der Waals surface area (Å²) < 4.78 is 1.21. The fourth-order valence-electron chi connectivity index (χ4n) is 4.33. The Morgan fingerprint density at radius 3 is 2.84 bits per heavy atom. The van der Waals surface area contributed by atoms with Crippen molar-refractivity contribution in [3.63, 3.8) is 0 Å². The SMILES string of the molecule is CCc1cccc2c(C3=CCN(c4nc5ccccn5c(=O)c4[N+](=O)[O-])CC3)c[nH]c12. The Kier molecular flexibility index (Phi) is 4.54. The minimum Gasteiger partial charge on any atom is -0.360 e. The van der Waals surface area contributed by atoms with Crippen molar-refractivity contribution >= 4 is 33.6 Å². The number of rotatable bonds is 4. The Labute approximate surface area is 177 Å². The number of anilines is 1. The molecule has 1 aliphatic rings. The van der Waals surface area contributed by atoms with Gasteiger partial charge in [-0.1, -0.05) is 37.3 Å². The molecule has 156 valence electrons. The van der Waals surface area contributed by atoms with Crippen LogP contribution in [0.2, 0.25) is 0 Å². The van der Waals surface area contributed by atoms with Gasteiger partial charge in [-0.05, 0) is 36.1 Å². The fraction of sp³-hybridized carbons (Fsp3) is 0.217. The highest BCUT2D eigenvalue weighted by Gasteiger charge is 2.29. The minimum absolute atomic E-state index is 0.128. The van der Waals surface area contributed by atoms with Crippen LogP contribution >= 0.6 is 0 Å². The zero-order valence-corrected chi connectivity index (χ0v) is 17.0. The molecule has 0 aliphatic carbocycles. The number of pyridine rings is 1. The van der Waals surface area contributed by atoms with Gasteiger partial charge in [-0.15, -0.1) is 0 Å². The van der Waals surface area contributed by atoms with Crippen molar-refractivity contribution < 1.29 is 4.92 Å². The molecule has 0 fully saturated rings. The molecular formula is C23H21N5O3. The normalized spacial score (nSPS) is 14.2. The average molecular weight is 415 g/mol. The number of aromatic amines is 1. The number of aryl methyl sites for hydroxylation is 1. The van der Waals surface area contributed by atoms with Gasteiger partial charge in [0.2, 0.25) is 5.82 Å². The summed E-state index contributed by atoms with van der Waals surface area (Å²) >= 11 is 0. The van der Waals surface area contributed by atoms with Crippen LogP contribution in [0, 0.1) is 10.1 Å². The molecule has 0 atom stereocenters. The quantitative estimate of drug-likeness (QED) is 0.402. The van der Waals surface area contributed by atoms with E-state index in [9.17, 15) is 14.9 Å². The van der Waals surface area contributed by atoms with E-state index in [0.717, 1.165) is 17.5 Å². The second-order valence-corrected chi connectivity index (χ2v) is 7.60. The van der Waals surface area contributed by atoms with Crippen molar-refractivity contribution in [3.8, 4) is 0 Å². The zero-order chi connectivity index (χ0) is 21.5. The third-order valence-corrected chi connectivity index (χ3v) is 5.91. The van der Waals surface area contributed by atoms with Gasteiger partial charge in [0.15, 0.2) is 0 Å². The highest BCUT2D eigenvalue weighted by Crippen LogP contribution is 2.33. The van der Waals surface area contributed by atoms with E-state index in [-0.39, 0.29) is 5.82 Å². The highest BCUT2D eigenvalue weighted by molar-refractivity contribution is 5.94. The topological polar surface area (TPSA) is 96.5 Å². The number of aromatic nitrogens is 3. The van der Waals surface area contributed by atoms with E-state index in [1.807, 2.05) is 11.1 Å². The molecule has 8 nitrogen and oxygen atoms in total. The summed E-state index contributed by atoms with van der Waals surface area (Å²) in [6.45, 7) is 3.13. The maximum Gasteiger partial charge on any atom is 0.376 e. The number of H-pyrrole nitrogens is 1. The van der Waals surface area contributed by atoms with Gasteiger partial charge in [0.1, 0.15) is 5.65 Å². The monoisotopic (exact) mass is 415 g/mol. The second-order valence-electron chi connectivity index (χ2n) is 7.60. The predicted molar refractivity (Wildman–Crippen MR) is 121 cm³/mol. The van der Waals surface area contributed by atoms with Gasteiger partial charge in [-0.2, -0.15) is 0 Å². The third kappa shape index (κ3) is 3.07. The number of nitrogens with one attached hydrogen (secondary N) is 1. The summed E-state index contributed by atoms with van der Waals surface area (Å²) in [5, 5.41) is 12.9. The summed E-state index contributed by atoms with van der Waals surface area (Å²) in [7, 11) is 0. The molecule has 1 aromatic carbocycles. The van der Waals surface area contributed by atoms with Gasteiger partial charge < -0.3 is 9.88 Å². The lowest BCUT2D eigenvalue weighted by molar-refractivity contribution is -0.385. The number of para-hydroxylation sites is 1. The number of fused-ring (bicyclic) bond motifs is 2. The van der Waals surface area contributed by atoms with Crippen molar-refractivity contribution in [2.24, 2.45) is 0 Å². The number of benzene rings is 1. The highest BCUT2D eigenvalue weighted by atomic mass is 16.6. The van der Waals surface area contributed by atoms with Gasteiger partial charge in [0.05, 0.1) is 4.92 Å². The van der Waals surface area contributed by atoms with Crippen LogP contribution in [-0.2, 0) is 6.42 Å². The maximum absolute atomic E-state index is 12.7. The lowest BCUT2D eigenvalue weighted by Crippen LogP contribution is -2.32. The van der Waals surface area contributed by atoms with Crippen molar-refractivity contribution in [2.45, 2.75) is 19.8 Å². The number of hydrogen-bond donors (Lipinski definition) is 1. The standard InChI is InChI=1S/C23H21N5O3/c1-2-15-6-5-7-17-18(14-24-20(15)17)16-9-12-26(13-10-16)22-21(28(30)31)23(29)27-11-4-3-8-19(27)25-22/h3-9,11,14,24H,2,10,12-13H2,1H3. The lowest BCUT2D eigenvalue weighted by Gasteiger charge is -2.27. The first-order valence-electron chi connectivity index (χ1n) is 10.3. The number of hydrogen-bond acceptors (Lipinski definition) is 5. The van der Waals surface area contributed by atoms with Crippen LogP contribution in [-0.4, -0.2) is 32.4 Å². The summed E-state index contributed by atoms with van der Waals surface area (Å²) in [5.41, 5.74) is 4.03. The van der Waals surface area contributed by atoms with Crippen molar-refractivity contribution in [1.82, 2.24) is 14.4 Å². The molecule has 4 heterocycles. The van der Waals surface area contributed by atoms with Crippen LogP contribution in [0.25, 0.3) is 22.1 Å². The molecule has 1 N–H and O–H groups in total. The van der Waals surface area contributed by atoms with E-state index in [1.54, 1.807) is 18.2 Å². The summed E-state index contributed by atoms with van der Waals surface area (Å²) in [6.07, 6.45) is 7.27. The molecule has 0 saturated carbocycles. The number of nitrogens with zero attached hydrogens (tertiary/aromatic N) is 4. The first kappa shape index (κ1) is 19.0. The van der Waals surface area contributed by atoms with E-state index >= 15 is 0 Å². The van der Waals surface area contributed by atoms with Crippen LogP contribution in [0.15, 0.2) is 59.7 Å². The molecule has 0 saturated heterocycles. The van der Waals surface area contributed by atoms with Crippen LogP contribution in [0.3, 0.4) is 0 Å². The van der Waals surface area contributed by atoms with E-state index < -0.39 is 16.2 Å². The van der Waals surface area contributed by atoms with Crippen LogP contribution in [0.5, 0.6) is 0 Å². The lowest BCUT2D eigenvalue weighted by atomic mass is 9.97. The Bertz CT molecular complexity index is 1420. The first-order valence-corrected chi connectivity index (χ1v) is 10.3. The van der Waals surface area contributed by atoms with Gasteiger partial charge in [0, 0.05) is 41.9 Å². The molecule has 8 heteroatoms. The van der Waals surface area contributed by atoms with Crippen molar-refractivity contribution in [1.29, 1.82) is 0 Å². The number of nitro groups is 1. The molecule has 0 spiro atoms. The van der Waals surface area contributed by atoms with E-state index in [1.165, 1.54) is 27.1 Å². The molecule has 1 aliphatic heterocycles. The molecule has 31 heavy (non-hydrogen) atoms. The van der Waals surface area contributed by atoms with E-state index in [0.29, 0.717) is 25.2 Å². The Hall–Kier alpha value is -3.94. The smallest absolute Gasteiger partial charge is 0.360 e. The Morgan fingerprint density at radius 1 is 1.23 bits per heavy atom. The van der Waals surface area contributed by atoms with Gasteiger partial charge in [0.25, 0.3) is 0 Å². The van der Waals surface area contributed by atoms with E-state index in [2.05, 4.69) is 41.2 Å². The second kappa shape index (κ2) is 7.39. The van der Waals surface area contributed by atoms with Crippen molar-refractivity contribution in [3.05, 3.63) is 86.5 Å². The molecule has 0 unspecified atom stereocenters. The third-order valence-electron chi connectivity index (χ3n) is 5.91. The zero-order valence-electron chi connectivity index (χ0n) is 17.0. The first-order chi connectivity index (χ1) is 15.1. The molecule has 3 aromatic heterocycles. The van der Waals surface area contributed by atoms with Crippen LogP contribution < -0.4 is 10.5 Å². The largest absolute Gasteiger partial charge is 0.376 e. The Balaban J connectivity index is 1.54. The fourth-order valence-corrected chi connectivity index (χ4v) is 4.33. The molecule has 0 amide bonds. The Morgan fingerprint density at radius 2 is 2.10 bits per heavy atom. The van der Waals surface area contributed by atoms with Gasteiger partial charge in [-0.3, -0.25) is 19.3 Å². The summed E-state index contributed by atoms with van der Waals surface area (Å²) in [5.74, 6) is 0.128. The summed E-state index contributed by atoms with van der Waals surface area (Å²) in [6, 6.07) is 11.4. The summed E-state index contributed by atoms with van der Waals surface area (Å²) in [4.78, 5) is 33.4. The predicted octanol–water partition coefficient (Wildman–Crippen LogP) is 3.94. The molecule has 5 rings (SSSR count). The maximum atomic E-state index is 12.7. The van der Waals surface area contributed by atoms with Gasteiger partial charge >= 0.3 is 11.2 Å². The molecule has 0 radical (unpaired) electrons. The molecule has 4 aromatic rings. The van der Waals surface area contributed by atoms with E-state index in [4.69, 9.17) is 0 Å². The molecule has 0 bridgehead atoms. The van der Waals surface area contributed by atoms with Crippen molar-refractivity contribution in [2.75, 3.05) is 18.0 Å². The van der Waals surface area contributed by atoms with Crippen LogP contribution in [0.1, 0.15) is 24.5 Å². The van der Waals surface area contributed by atoms with Crippen LogP contribution in [0.4, 0.5) is 11.5 Å².